The summed E-state index contributed by atoms with van der Waals surface area (Å²) in [5, 5.41) is 4.57. The molecule has 0 unspecified atom stereocenters. The first-order valence-corrected chi connectivity index (χ1v) is 7.60. The number of nitrogens with zero attached hydrogens (tertiary/aromatic N) is 1. The minimum absolute atomic E-state index is 0.126. The maximum absolute atomic E-state index is 6.06. The molecule has 1 aliphatic heterocycles. The van der Waals surface area contributed by atoms with Gasteiger partial charge in [0.05, 0.1) is 5.54 Å². The molecule has 0 aliphatic carbocycles. The zero-order valence-electron chi connectivity index (χ0n) is 12.0. The van der Waals surface area contributed by atoms with Crippen molar-refractivity contribution in [1.29, 1.82) is 0 Å². The molecule has 2 aromatic carbocycles. The van der Waals surface area contributed by atoms with Crippen LogP contribution in [0.1, 0.15) is 25.0 Å². The lowest BCUT2D eigenvalue weighted by molar-refractivity contribution is 0.513. The molecule has 0 radical (unpaired) electrons. The smallest absolute Gasteiger partial charge is 0.133 e. The molecule has 0 amide bonds. The van der Waals surface area contributed by atoms with Crippen LogP contribution < -0.4 is 5.32 Å². The fraction of sp³-hybridized carbons (Fsp3) is 0.235. The molecule has 0 saturated carbocycles. The number of hydrogen-bond donors (Lipinski definition) is 1. The molecule has 1 heterocycles. The van der Waals surface area contributed by atoms with Gasteiger partial charge < -0.3 is 5.32 Å². The molecule has 0 spiro atoms. The van der Waals surface area contributed by atoms with Gasteiger partial charge in [0.1, 0.15) is 5.84 Å². The van der Waals surface area contributed by atoms with Crippen LogP contribution in [0.5, 0.6) is 0 Å². The maximum Gasteiger partial charge on any atom is 0.133 e. The van der Waals surface area contributed by atoms with Crippen molar-refractivity contribution < 1.29 is 0 Å². The average molecular weight is 319 g/mol. The van der Waals surface area contributed by atoms with E-state index in [0.29, 0.717) is 10.0 Å². The Morgan fingerprint density at radius 2 is 1.71 bits per heavy atom. The van der Waals surface area contributed by atoms with E-state index in [1.54, 1.807) is 6.07 Å². The lowest BCUT2D eigenvalue weighted by Crippen LogP contribution is -2.32. The first kappa shape index (κ1) is 14.4. The lowest BCUT2D eigenvalue weighted by Gasteiger charge is -2.29. The van der Waals surface area contributed by atoms with Crippen LogP contribution in [0.3, 0.4) is 0 Å². The number of fused-ring (bicyclic) bond motifs is 1. The van der Waals surface area contributed by atoms with Crippen LogP contribution >= 0.6 is 23.2 Å². The molecule has 2 nitrogen and oxygen atoms in total. The largest absolute Gasteiger partial charge is 0.340 e. The third kappa shape index (κ3) is 3.22. The highest BCUT2D eigenvalue weighted by Crippen LogP contribution is 2.29. The summed E-state index contributed by atoms with van der Waals surface area (Å²) in [5.41, 5.74) is 3.15. The molecule has 1 N–H and O–H groups in total. The van der Waals surface area contributed by atoms with Crippen molar-refractivity contribution in [3.05, 3.63) is 63.6 Å². The number of rotatable bonds is 1. The van der Waals surface area contributed by atoms with Crippen LogP contribution in [-0.2, 0) is 6.42 Å². The van der Waals surface area contributed by atoms with Gasteiger partial charge in [0.15, 0.2) is 0 Å². The van der Waals surface area contributed by atoms with Crippen molar-refractivity contribution in [2.45, 2.75) is 25.8 Å². The third-order valence-electron chi connectivity index (χ3n) is 3.44. The van der Waals surface area contributed by atoms with Gasteiger partial charge >= 0.3 is 0 Å². The summed E-state index contributed by atoms with van der Waals surface area (Å²) < 4.78 is 0. The highest BCUT2D eigenvalue weighted by atomic mass is 35.5. The van der Waals surface area contributed by atoms with E-state index in [1.807, 2.05) is 18.2 Å². The Bertz CT molecular complexity index is 700. The number of benzene rings is 2. The van der Waals surface area contributed by atoms with Crippen molar-refractivity contribution >= 4 is 34.7 Å². The fourth-order valence-electron chi connectivity index (χ4n) is 2.63. The van der Waals surface area contributed by atoms with Gasteiger partial charge in [0, 0.05) is 21.3 Å². The second-order valence-electron chi connectivity index (χ2n) is 5.89. The average Bonchev–Trinajstić information content (AvgIpc) is 2.36. The van der Waals surface area contributed by atoms with Gasteiger partial charge in [-0.1, -0.05) is 47.5 Å². The van der Waals surface area contributed by atoms with Crippen LogP contribution in [0.25, 0.3) is 0 Å². The minimum Gasteiger partial charge on any atom is -0.340 e. The highest BCUT2D eigenvalue weighted by molar-refractivity contribution is 6.35. The molecule has 21 heavy (non-hydrogen) atoms. The number of aliphatic imine (C=N–C) groups is 1. The molecule has 0 aromatic heterocycles. The summed E-state index contributed by atoms with van der Waals surface area (Å²) in [7, 11) is 0. The van der Waals surface area contributed by atoms with E-state index in [9.17, 15) is 0 Å². The predicted octanol–water partition coefficient (Wildman–Crippen LogP) is 5.19. The topological polar surface area (TPSA) is 24.4 Å². The van der Waals surface area contributed by atoms with E-state index in [2.05, 4.69) is 37.4 Å². The third-order valence-corrected chi connectivity index (χ3v) is 3.87. The Labute approximate surface area is 134 Å². The Morgan fingerprint density at radius 3 is 2.43 bits per heavy atom. The van der Waals surface area contributed by atoms with Gasteiger partial charge in [-0.05, 0) is 44.0 Å². The number of halogens is 2. The van der Waals surface area contributed by atoms with Gasteiger partial charge in [-0.15, -0.1) is 0 Å². The lowest BCUT2D eigenvalue weighted by atomic mass is 9.89. The van der Waals surface area contributed by atoms with E-state index in [0.717, 1.165) is 23.5 Å². The number of hydrogen-bond acceptors (Lipinski definition) is 2. The van der Waals surface area contributed by atoms with Crippen molar-refractivity contribution in [2.24, 2.45) is 4.99 Å². The van der Waals surface area contributed by atoms with Crippen molar-refractivity contribution in [3.63, 3.8) is 0 Å². The van der Waals surface area contributed by atoms with Crippen LogP contribution in [0, 0.1) is 0 Å². The maximum atomic E-state index is 6.06. The first-order chi connectivity index (χ1) is 9.93. The summed E-state index contributed by atoms with van der Waals surface area (Å²) in [6.45, 7) is 4.27. The van der Waals surface area contributed by atoms with Crippen molar-refractivity contribution in [3.8, 4) is 0 Å². The second kappa shape index (κ2) is 5.36. The van der Waals surface area contributed by atoms with E-state index in [-0.39, 0.29) is 5.54 Å². The normalized spacial score (nSPS) is 16.1. The highest BCUT2D eigenvalue weighted by Gasteiger charge is 2.26. The van der Waals surface area contributed by atoms with Crippen LogP contribution in [0.2, 0.25) is 10.0 Å². The number of nitrogens with one attached hydrogen (secondary N) is 1. The molecule has 0 fully saturated rings. The zero-order chi connectivity index (χ0) is 15.0. The molecule has 2 aromatic rings. The van der Waals surface area contributed by atoms with Gasteiger partial charge in [-0.25, -0.2) is 0 Å². The molecule has 108 valence electrons. The molecule has 0 saturated heterocycles. The summed E-state index contributed by atoms with van der Waals surface area (Å²) >= 11 is 12.1. The van der Waals surface area contributed by atoms with Crippen molar-refractivity contribution in [2.75, 3.05) is 5.32 Å². The Hall–Kier alpha value is -1.51. The van der Waals surface area contributed by atoms with E-state index < -0.39 is 0 Å². The van der Waals surface area contributed by atoms with Crippen molar-refractivity contribution in [1.82, 2.24) is 0 Å². The van der Waals surface area contributed by atoms with E-state index in [1.165, 1.54) is 5.56 Å². The molecule has 0 atom stereocenters. The monoisotopic (exact) mass is 318 g/mol. The van der Waals surface area contributed by atoms with E-state index in [4.69, 9.17) is 28.2 Å². The molecule has 1 aliphatic rings. The number of amidine groups is 1. The first-order valence-electron chi connectivity index (χ1n) is 6.84. The summed E-state index contributed by atoms with van der Waals surface area (Å²) in [5.74, 6) is 0.861. The standard InChI is InChI=1S/C17H16Cl2N2/c1-17(2)10-11-5-3-4-6-15(11)16(21-17)20-14-8-12(18)7-13(19)9-14/h3-9H,10H2,1-2H3,(H,20,21). The molecular weight excluding hydrogens is 303 g/mol. The van der Waals surface area contributed by atoms with Gasteiger partial charge in [-0.3, -0.25) is 4.99 Å². The Morgan fingerprint density at radius 1 is 1.05 bits per heavy atom. The van der Waals surface area contributed by atoms with E-state index >= 15 is 0 Å². The molecule has 3 rings (SSSR count). The summed E-state index contributed by atoms with van der Waals surface area (Å²) in [4.78, 5) is 4.83. The molecular formula is C17H16Cl2N2. The predicted molar refractivity (Wildman–Crippen MR) is 90.8 cm³/mol. The van der Waals surface area contributed by atoms with Crippen LogP contribution in [-0.4, -0.2) is 11.4 Å². The van der Waals surface area contributed by atoms with Crippen LogP contribution in [0.4, 0.5) is 5.69 Å². The minimum atomic E-state index is -0.126. The van der Waals surface area contributed by atoms with Crippen LogP contribution in [0.15, 0.2) is 47.5 Å². The Balaban J connectivity index is 2.01. The summed E-state index contributed by atoms with van der Waals surface area (Å²) in [6, 6.07) is 13.7. The fourth-order valence-corrected chi connectivity index (χ4v) is 3.16. The molecule has 0 bridgehead atoms. The molecule has 4 heteroatoms. The zero-order valence-corrected chi connectivity index (χ0v) is 13.5. The van der Waals surface area contributed by atoms with Gasteiger partial charge in [-0.2, -0.15) is 0 Å². The quantitative estimate of drug-likeness (QED) is 0.769. The second-order valence-corrected chi connectivity index (χ2v) is 6.76. The SMILES string of the molecule is CC1(C)Cc2ccccc2C(Nc2cc(Cl)cc(Cl)c2)=N1. The summed E-state index contributed by atoms with van der Waals surface area (Å²) in [6.07, 6.45) is 0.935. The Kier molecular flexibility index (Phi) is 3.68. The van der Waals surface area contributed by atoms with Gasteiger partial charge in [0.2, 0.25) is 0 Å². The van der Waals surface area contributed by atoms with Gasteiger partial charge in [0.25, 0.3) is 0 Å². The number of anilines is 1.